The van der Waals surface area contributed by atoms with E-state index in [0.717, 1.165) is 0 Å². The molecule has 2 aromatic rings. The van der Waals surface area contributed by atoms with Crippen LogP contribution in [0.5, 0.6) is 0 Å². The van der Waals surface area contributed by atoms with Crippen molar-refractivity contribution in [2.75, 3.05) is 12.4 Å². The van der Waals surface area contributed by atoms with E-state index in [-0.39, 0.29) is 12.2 Å². The van der Waals surface area contributed by atoms with Crippen molar-refractivity contribution in [1.82, 2.24) is 4.90 Å². The van der Waals surface area contributed by atoms with Gasteiger partial charge >= 0.3 is 12.0 Å². The van der Waals surface area contributed by atoms with E-state index >= 15 is 0 Å². The predicted molar refractivity (Wildman–Crippen MR) is 101 cm³/mol. The zero-order valence-corrected chi connectivity index (χ0v) is 15.4. The monoisotopic (exact) mass is 382 g/mol. The molecule has 1 heterocycles. The molecule has 2 aromatic carbocycles. The van der Waals surface area contributed by atoms with E-state index in [1.807, 2.05) is 0 Å². The highest BCUT2D eigenvalue weighted by molar-refractivity contribution is 5.98. The zero-order chi connectivity index (χ0) is 20.3. The quantitative estimate of drug-likeness (QED) is 0.815. The van der Waals surface area contributed by atoms with Gasteiger partial charge in [0.2, 0.25) is 0 Å². The maximum absolute atomic E-state index is 13.2. The first kappa shape index (κ1) is 19.3. The van der Waals surface area contributed by atoms with Crippen LogP contribution in [0.4, 0.5) is 14.9 Å². The molecule has 28 heavy (non-hydrogen) atoms. The number of benzene rings is 2. The topological polar surface area (TPSA) is 75.7 Å². The summed E-state index contributed by atoms with van der Waals surface area (Å²) in [5, 5.41) is 2.77. The maximum atomic E-state index is 13.2. The lowest BCUT2D eigenvalue weighted by atomic mass is 9.97. The number of ketones is 1. The molecule has 0 bridgehead atoms. The lowest BCUT2D eigenvalue weighted by molar-refractivity contribution is -0.116. The second-order valence-corrected chi connectivity index (χ2v) is 6.36. The number of esters is 1. The summed E-state index contributed by atoms with van der Waals surface area (Å²) < 4.78 is 18.0. The zero-order valence-electron chi connectivity index (χ0n) is 15.4. The van der Waals surface area contributed by atoms with E-state index in [4.69, 9.17) is 4.74 Å². The van der Waals surface area contributed by atoms with Crippen LogP contribution in [0.2, 0.25) is 0 Å². The van der Waals surface area contributed by atoms with Crippen molar-refractivity contribution in [2.45, 2.75) is 19.4 Å². The summed E-state index contributed by atoms with van der Waals surface area (Å²) in [6, 6.07) is 9.58. The van der Waals surface area contributed by atoms with Crippen LogP contribution < -0.4 is 5.32 Å². The Balaban J connectivity index is 1.88. The molecule has 2 amide bonds. The molecule has 0 aromatic heterocycles. The van der Waals surface area contributed by atoms with Crippen LogP contribution in [0.15, 0.2) is 54.7 Å². The smallest absolute Gasteiger partial charge is 0.338 e. The van der Waals surface area contributed by atoms with E-state index in [2.05, 4.69) is 5.32 Å². The number of rotatable bonds is 3. The van der Waals surface area contributed by atoms with E-state index < -0.39 is 23.9 Å². The molecule has 0 aliphatic carbocycles. The number of nitrogens with one attached hydrogen (secondary N) is 1. The van der Waals surface area contributed by atoms with Gasteiger partial charge in [-0.1, -0.05) is 18.2 Å². The molecule has 0 saturated heterocycles. The molecule has 144 valence electrons. The van der Waals surface area contributed by atoms with Gasteiger partial charge in [0.1, 0.15) is 5.82 Å². The van der Waals surface area contributed by atoms with Crippen LogP contribution in [0.1, 0.15) is 33.9 Å². The summed E-state index contributed by atoms with van der Waals surface area (Å²) in [6.07, 6.45) is 2.84. The van der Waals surface area contributed by atoms with Gasteiger partial charge in [-0.3, -0.25) is 9.69 Å². The van der Waals surface area contributed by atoms with E-state index in [1.54, 1.807) is 37.3 Å². The normalized spacial score (nSPS) is 16.0. The van der Waals surface area contributed by atoms with Gasteiger partial charge in [0.05, 0.1) is 18.7 Å². The number of hydrogen-bond acceptors (Lipinski definition) is 4. The van der Waals surface area contributed by atoms with Gasteiger partial charge in [0.25, 0.3) is 0 Å². The van der Waals surface area contributed by atoms with Crippen molar-refractivity contribution in [3.8, 4) is 0 Å². The molecule has 1 aliphatic heterocycles. The van der Waals surface area contributed by atoms with Crippen molar-refractivity contribution >= 4 is 23.5 Å². The standard InChI is InChI=1S/C21H19FN2O4/c1-13-17(20(26)28-2)4-3-5-18(13)23-21(27)24-11-10-16(25)12-19(24)14-6-8-15(22)9-7-14/h3-11,19H,12H2,1-2H3,(H,23,27)/t19-/m0/s1. The van der Waals surface area contributed by atoms with Gasteiger partial charge in [-0.25, -0.2) is 14.0 Å². The number of ether oxygens (including phenoxy) is 1. The first-order valence-corrected chi connectivity index (χ1v) is 8.64. The molecule has 0 fully saturated rings. The molecule has 0 spiro atoms. The van der Waals surface area contributed by atoms with Crippen molar-refractivity contribution in [3.05, 3.63) is 77.2 Å². The molecule has 1 aliphatic rings. The Morgan fingerprint density at radius 3 is 2.57 bits per heavy atom. The average Bonchev–Trinajstić information content (AvgIpc) is 2.69. The number of methoxy groups -OCH3 is 1. The number of hydrogen-bond donors (Lipinski definition) is 1. The summed E-state index contributed by atoms with van der Waals surface area (Å²) >= 11 is 0. The van der Waals surface area contributed by atoms with Crippen molar-refractivity contribution in [2.24, 2.45) is 0 Å². The van der Waals surface area contributed by atoms with Crippen LogP contribution in [0, 0.1) is 12.7 Å². The second kappa shape index (κ2) is 8.04. The molecule has 6 nitrogen and oxygen atoms in total. The summed E-state index contributed by atoms with van der Waals surface area (Å²) in [5.74, 6) is -1.02. The van der Waals surface area contributed by atoms with E-state index in [1.165, 1.54) is 36.4 Å². The third kappa shape index (κ3) is 3.93. The number of carbonyl (C=O) groups excluding carboxylic acids is 3. The third-order valence-electron chi connectivity index (χ3n) is 4.62. The SMILES string of the molecule is COC(=O)c1cccc(NC(=O)N2C=CC(=O)C[C@H]2c2ccc(F)cc2)c1C. The maximum Gasteiger partial charge on any atom is 0.338 e. The molecular formula is C21H19FN2O4. The number of halogens is 1. The second-order valence-electron chi connectivity index (χ2n) is 6.36. The molecule has 1 N–H and O–H groups in total. The number of carbonyl (C=O) groups is 3. The molecule has 3 rings (SSSR count). The van der Waals surface area contributed by atoms with Gasteiger partial charge in [-0.2, -0.15) is 0 Å². The highest BCUT2D eigenvalue weighted by atomic mass is 19.1. The first-order chi connectivity index (χ1) is 13.4. The van der Waals surface area contributed by atoms with Crippen LogP contribution in [-0.2, 0) is 9.53 Å². The first-order valence-electron chi connectivity index (χ1n) is 8.64. The Morgan fingerprint density at radius 2 is 1.89 bits per heavy atom. The van der Waals surface area contributed by atoms with Crippen LogP contribution in [0.3, 0.4) is 0 Å². The molecule has 7 heteroatoms. The van der Waals surface area contributed by atoms with Crippen LogP contribution in [0.25, 0.3) is 0 Å². The van der Waals surface area contributed by atoms with E-state index in [9.17, 15) is 18.8 Å². The Labute approximate surface area is 161 Å². The molecular weight excluding hydrogens is 363 g/mol. The highest BCUT2D eigenvalue weighted by Gasteiger charge is 2.29. The molecule has 1 atom stereocenters. The Morgan fingerprint density at radius 1 is 1.18 bits per heavy atom. The van der Waals surface area contributed by atoms with Crippen LogP contribution in [-0.4, -0.2) is 29.8 Å². The summed E-state index contributed by atoms with van der Waals surface area (Å²) in [6.45, 7) is 1.70. The summed E-state index contributed by atoms with van der Waals surface area (Å²) in [4.78, 5) is 38.0. The number of urea groups is 1. The van der Waals surface area contributed by atoms with Crippen LogP contribution >= 0.6 is 0 Å². The fourth-order valence-corrected chi connectivity index (χ4v) is 3.08. The largest absolute Gasteiger partial charge is 0.465 e. The lowest BCUT2D eigenvalue weighted by Crippen LogP contribution is -2.37. The number of allylic oxidation sites excluding steroid dienone is 1. The van der Waals surface area contributed by atoms with Gasteiger partial charge in [0.15, 0.2) is 5.78 Å². The van der Waals surface area contributed by atoms with Crippen molar-refractivity contribution in [3.63, 3.8) is 0 Å². The summed E-state index contributed by atoms with van der Waals surface area (Å²) in [7, 11) is 1.29. The minimum Gasteiger partial charge on any atom is -0.465 e. The number of amides is 2. The predicted octanol–water partition coefficient (Wildman–Crippen LogP) is 3.98. The van der Waals surface area contributed by atoms with Gasteiger partial charge in [-0.15, -0.1) is 0 Å². The Bertz CT molecular complexity index is 953. The Kier molecular flexibility index (Phi) is 5.54. The van der Waals surface area contributed by atoms with E-state index in [0.29, 0.717) is 22.4 Å². The lowest BCUT2D eigenvalue weighted by Gasteiger charge is -2.31. The van der Waals surface area contributed by atoms with Gasteiger partial charge in [-0.05, 0) is 48.4 Å². The van der Waals surface area contributed by atoms with Gasteiger partial charge < -0.3 is 10.1 Å². The summed E-state index contributed by atoms with van der Waals surface area (Å²) in [5.41, 5.74) is 2.02. The van der Waals surface area contributed by atoms with Gasteiger partial charge in [0, 0.05) is 18.3 Å². The fourth-order valence-electron chi connectivity index (χ4n) is 3.08. The molecule has 0 unspecified atom stereocenters. The number of anilines is 1. The minimum atomic E-state index is -0.554. The Hall–Kier alpha value is -3.48. The third-order valence-corrected chi connectivity index (χ3v) is 4.62. The van der Waals surface area contributed by atoms with Crippen molar-refractivity contribution in [1.29, 1.82) is 0 Å². The average molecular weight is 382 g/mol. The van der Waals surface area contributed by atoms with Crippen molar-refractivity contribution < 1.29 is 23.5 Å². The minimum absolute atomic E-state index is 0.0940. The number of nitrogens with zero attached hydrogens (tertiary/aromatic N) is 1. The molecule has 0 saturated carbocycles. The fraction of sp³-hybridized carbons (Fsp3) is 0.190. The highest BCUT2D eigenvalue weighted by Crippen LogP contribution is 2.30. The molecule has 0 radical (unpaired) electrons.